The predicted molar refractivity (Wildman–Crippen MR) is 78.4 cm³/mol. The standard InChI is InChI=1S/C16H11FN2O2/c17-10-4-3-5-11(8-10)19-15-12-6-1-2-7-14(12)18-9-13(15)16(20)21/h1-9H,(H,18,19)(H,20,21). The molecule has 0 aliphatic heterocycles. The van der Waals surface area contributed by atoms with Gasteiger partial charge in [0.15, 0.2) is 0 Å². The first-order valence-corrected chi connectivity index (χ1v) is 6.29. The second-order valence-electron chi connectivity index (χ2n) is 4.50. The van der Waals surface area contributed by atoms with Crippen LogP contribution in [0.2, 0.25) is 0 Å². The van der Waals surface area contributed by atoms with Crippen molar-refractivity contribution in [1.82, 2.24) is 4.98 Å². The number of aromatic carboxylic acids is 1. The highest BCUT2D eigenvalue weighted by molar-refractivity contribution is 6.05. The first-order valence-electron chi connectivity index (χ1n) is 6.29. The zero-order valence-electron chi connectivity index (χ0n) is 10.9. The first kappa shape index (κ1) is 13.1. The molecule has 0 fully saturated rings. The lowest BCUT2D eigenvalue weighted by Gasteiger charge is -2.12. The molecule has 5 heteroatoms. The first-order chi connectivity index (χ1) is 10.1. The van der Waals surface area contributed by atoms with Gasteiger partial charge in [-0.25, -0.2) is 9.18 Å². The van der Waals surface area contributed by atoms with Crippen molar-refractivity contribution in [3.63, 3.8) is 0 Å². The van der Waals surface area contributed by atoms with E-state index in [9.17, 15) is 14.3 Å². The number of benzene rings is 2. The smallest absolute Gasteiger partial charge is 0.339 e. The van der Waals surface area contributed by atoms with E-state index in [1.807, 2.05) is 6.07 Å². The zero-order valence-corrected chi connectivity index (χ0v) is 10.9. The number of pyridine rings is 1. The monoisotopic (exact) mass is 282 g/mol. The number of nitrogens with one attached hydrogen (secondary N) is 1. The number of para-hydroxylation sites is 1. The summed E-state index contributed by atoms with van der Waals surface area (Å²) in [7, 11) is 0. The number of carboxylic acids is 1. The molecule has 0 saturated heterocycles. The molecular weight excluding hydrogens is 271 g/mol. The van der Waals surface area contributed by atoms with E-state index in [1.54, 1.807) is 30.3 Å². The Hall–Kier alpha value is -2.95. The average molecular weight is 282 g/mol. The highest BCUT2D eigenvalue weighted by Gasteiger charge is 2.14. The fourth-order valence-electron chi connectivity index (χ4n) is 2.15. The minimum absolute atomic E-state index is 0.0398. The molecular formula is C16H11FN2O2. The van der Waals surface area contributed by atoms with Crippen molar-refractivity contribution in [3.05, 3.63) is 66.1 Å². The summed E-state index contributed by atoms with van der Waals surface area (Å²) in [5.74, 6) is -1.48. The van der Waals surface area contributed by atoms with Gasteiger partial charge < -0.3 is 10.4 Å². The largest absolute Gasteiger partial charge is 0.478 e. The average Bonchev–Trinajstić information content (AvgIpc) is 2.47. The summed E-state index contributed by atoms with van der Waals surface area (Å²) in [4.78, 5) is 15.5. The second-order valence-corrected chi connectivity index (χ2v) is 4.50. The van der Waals surface area contributed by atoms with Gasteiger partial charge in [-0.15, -0.1) is 0 Å². The van der Waals surface area contributed by atoms with E-state index in [1.165, 1.54) is 18.3 Å². The van der Waals surface area contributed by atoms with E-state index in [0.717, 1.165) is 0 Å². The van der Waals surface area contributed by atoms with E-state index in [0.29, 0.717) is 22.3 Å². The van der Waals surface area contributed by atoms with Crippen molar-refractivity contribution in [3.8, 4) is 0 Å². The van der Waals surface area contributed by atoms with Crippen molar-refractivity contribution in [2.24, 2.45) is 0 Å². The Morgan fingerprint density at radius 1 is 1.14 bits per heavy atom. The fourth-order valence-corrected chi connectivity index (χ4v) is 2.15. The molecule has 3 aromatic rings. The summed E-state index contributed by atoms with van der Waals surface area (Å²) in [6.07, 6.45) is 1.30. The lowest BCUT2D eigenvalue weighted by molar-refractivity contribution is 0.0697. The topological polar surface area (TPSA) is 62.2 Å². The molecule has 0 aliphatic rings. The van der Waals surface area contributed by atoms with Crippen LogP contribution in [0.3, 0.4) is 0 Å². The third-order valence-electron chi connectivity index (χ3n) is 3.10. The van der Waals surface area contributed by atoms with Crippen LogP contribution in [0.4, 0.5) is 15.8 Å². The van der Waals surface area contributed by atoms with E-state index >= 15 is 0 Å². The van der Waals surface area contributed by atoms with Gasteiger partial charge in [0, 0.05) is 17.3 Å². The molecule has 2 N–H and O–H groups in total. The van der Waals surface area contributed by atoms with Crippen molar-refractivity contribution in [2.75, 3.05) is 5.32 Å². The summed E-state index contributed by atoms with van der Waals surface area (Å²) < 4.78 is 13.3. The Kier molecular flexibility index (Phi) is 3.23. The third kappa shape index (κ3) is 2.53. The zero-order chi connectivity index (χ0) is 14.8. The second kappa shape index (κ2) is 5.20. The molecule has 0 unspecified atom stereocenters. The molecule has 1 heterocycles. The lowest BCUT2D eigenvalue weighted by atomic mass is 10.1. The Balaban J connectivity index is 2.18. The quantitative estimate of drug-likeness (QED) is 0.766. The maximum Gasteiger partial charge on any atom is 0.339 e. The van der Waals surface area contributed by atoms with E-state index in [-0.39, 0.29) is 5.56 Å². The molecule has 0 atom stereocenters. The van der Waals surface area contributed by atoms with E-state index in [4.69, 9.17) is 0 Å². The van der Waals surface area contributed by atoms with Crippen LogP contribution in [0, 0.1) is 5.82 Å². The Labute approximate surface area is 119 Å². The van der Waals surface area contributed by atoms with Gasteiger partial charge in [-0.3, -0.25) is 4.98 Å². The molecule has 0 aliphatic carbocycles. The molecule has 4 nitrogen and oxygen atoms in total. The normalized spacial score (nSPS) is 10.5. The van der Waals surface area contributed by atoms with Crippen molar-refractivity contribution < 1.29 is 14.3 Å². The Bertz CT molecular complexity index is 833. The van der Waals surface area contributed by atoms with Crippen molar-refractivity contribution >= 4 is 28.2 Å². The van der Waals surface area contributed by atoms with Crippen LogP contribution in [-0.4, -0.2) is 16.1 Å². The number of hydrogen-bond acceptors (Lipinski definition) is 3. The Morgan fingerprint density at radius 3 is 2.71 bits per heavy atom. The minimum atomic E-state index is -1.09. The van der Waals surface area contributed by atoms with Crippen LogP contribution in [-0.2, 0) is 0 Å². The number of fused-ring (bicyclic) bond motifs is 1. The van der Waals surface area contributed by atoms with Gasteiger partial charge in [-0.1, -0.05) is 24.3 Å². The predicted octanol–water partition coefficient (Wildman–Crippen LogP) is 3.82. The van der Waals surface area contributed by atoms with Crippen LogP contribution >= 0.6 is 0 Å². The number of halogens is 1. The van der Waals surface area contributed by atoms with Crippen LogP contribution in [0.25, 0.3) is 10.9 Å². The van der Waals surface area contributed by atoms with Gasteiger partial charge in [0.1, 0.15) is 11.4 Å². The summed E-state index contributed by atoms with van der Waals surface area (Å²) in [5, 5.41) is 12.9. The molecule has 0 spiro atoms. The maximum absolute atomic E-state index is 13.3. The van der Waals surface area contributed by atoms with Crippen molar-refractivity contribution in [2.45, 2.75) is 0 Å². The summed E-state index contributed by atoms with van der Waals surface area (Å²) in [6.45, 7) is 0. The van der Waals surface area contributed by atoms with Gasteiger partial charge in [0.25, 0.3) is 0 Å². The lowest BCUT2D eigenvalue weighted by Crippen LogP contribution is -2.04. The molecule has 1 aromatic heterocycles. The number of aromatic nitrogens is 1. The van der Waals surface area contributed by atoms with Crippen molar-refractivity contribution in [1.29, 1.82) is 0 Å². The summed E-state index contributed by atoms with van der Waals surface area (Å²) in [6, 6.07) is 13.0. The Morgan fingerprint density at radius 2 is 1.95 bits per heavy atom. The van der Waals surface area contributed by atoms with Gasteiger partial charge in [0.05, 0.1) is 11.2 Å². The molecule has 0 bridgehead atoms. The highest BCUT2D eigenvalue weighted by Crippen LogP contribution is 2.29. The molecule has 0 saturated carbocycles. The van der Waals surface area contributed by atoms with E-state index < -0.39 is 11.8 Å². The number of hydrogen-bond donors (Lipinski definition) is 2. The summed E-state index contributed by atoms with van der Waals surface area (Å²) in [5.41, 5.74) is 1.59. The van der Waals surface area contributed by atoms with Crippen LogP contribution in [0.15, 0.2) is 54.7 Å². The maximum atomic E-state index is 13.3. The molecule has 2 aromatic carbocycles. The number of rotatable bonds is 3. The summed E-state index contributed by atoms with van der Waals surface area (Å²) >= 11 is 0. The third-order valence-corrected chi connectivity index (χ3v) is 3.10. The van der Waals surface area contributed by atoms with Crippen LogP contribution < -0.4 is 5.32 Å². The van der Waals surface area contributed by atoms with Gasteiger partial charge in [-0.05, 0) is 24.3 Å². The molecule has 0 amide bonds. The molecule has 0 radical (unpaired) electrons. The molecule has 3 rings (SSSR count). The molecule has 104 valence electrons. The number of nitrogens with zero attached hydrogens (tertiary/aromatic N) is 1. The number of carbonyl (C=O) groups is 1. The van der Waals surface area contributed by atoms with Crippen LogP contribution in [0.5, 0.6) is 0 Å². The molecule has 21 heavy (non-hydrogen) atoms. The number of carboxylic acid groups (broad SMARTS) is 1. The SMILES string of the molecule is O=C(O)c1cnc2ccccc2c1Nc1cccc(F)c1. The number of anilines is 2. The highest BCUT2D eigenvalue weighted by atomic mass is 19.1. The van der Waals surface area contributed by atoms with Gasteiger partial charge >= 0.3 is 5.97 Å². The van der Waals surface area contributed by atoms with Crippen LogP contribution in [0.1, 0.15) is 10.4 Å². The van der Waals surface area contributed by atoms with Gasteiger partial charge in [0.2, 0.25) is 0 Å². The van der Waals surface area contributed by atoms with Gasteiger partial charge in [-0.2, -0.15) is 0 Å². The van der Waals surface area contributed by atoms with E-state index in [2.05, 4.69) is 10.3 Å². The fraction of sp³-hybridized carbons (Fsp3) is 0. The minimum Gasteiger partial charge on any atom is -0.478 e.